The number of rotatable bonds is 2. The third kappa shape index (κ3) is 2.66. The molecule has 1 amide bonds. The summed E-state index contributed by atoms with van der Waals surface area (Å²) in [6.45, 7) is 3.59. The number of benzene rings is 1. The third-order valence-electron chi connectivity index (χ3n) is 3.29. The zero-order valence-corrected chi connectivity index (χ0v) is 12.1. The van der Waals surface area contributed by atoms with E-state index in [1.165, 1.54) is 0 Å². The second-order valence-electron chi connectivity index (χ2n) is 4.47. The molecule has 0 radical (unpaired) electrons. The summed E-state index contributed by atoms with van der Waals surface area (Å²) in [5, 5.41) is 1.62. The number of alkyl halides is 1. The molecule has 1 heterocycles. The summed E-state index contributed by atoms with van der Waals surface area (Å²) in [5.74, 6) is 0.687. The molecule has 1 atom stereocenters. The van der Waals surface area contributed by atoms with E-state index in [1.54, 1.807) is 0 Å². The highest BCUT2D eigenvalue weighted by Gasteiger charge is 2.27. The lowest BCUT2D eigenvalue weighted by molar-refractivity contribution is 0.0787. The number of carbonyl (C=O) groups is 1. The zero-order valence-electron chi connectivity index (χ0n) is 9.75. The van der Waals surface area contributed by atoms with Crippen LogP contribution in [0.25, 0.3) is 0 Å². The highest BCUT2D eigenvalue weighted by molar-refractivity contribution is 9.09. The molecule has 0 aliphatic carbocycles. The molecule has 1 aliphatic heterocycles. The highest BCUT2D eigenvalue weighted by Crippen LogP contribution is 2.24. The van der Waals surface area contributed by atoms with E-state index in [1.807, 2.05) is 30.0 Å². The van der Waals surface area contributed by atoms with Crippen LogP contribution >= 0.6 is 27.5 Å². The molecule has 2 nitrogen and oxygen atoms in total. The summed E-state index contributed by atoms with van der Waals surface area (Å²) in [4.78, 5) is 14.3. The van der Waals surface area contributed by atoms with E-state index < -0.39 is 0 Å². The van der Waals surface area contributed by atoms with E-state index in [9.17, 15) is 4.79 Å². The van der Waals surface area contributed by atoms with Crippen LogP contribution < -0.4 is 0 Å². The molecule has 0 N–H and O–H groups in total. The number of nitrogens with zero attached hydrogens (tertiary/aromatic N) is 1. The number of amides is 1. The van der Waals surface area contributed by atoms with Crippen LogP contribution in [0.2, 0.25) is 5.02 Å². The maximum atomic E-state index is 12.3. The third-order valence-corrected chi connectivity index (χ3v) is 4.61. The van der Waals surface area contributed by atoms with Crippen molar-refractivity contribution in [3.63, 3.8) is 0 Å². The summed E-state index contributed by atoms with van der Waals surface area (Å²) in [5.41, 5.74) is 1.61. The van der Waals surface area contributed by atoms with Gasteiger partial charge in [-0.2, -0.15) is 0 Å². The number of hydrogen-bond donors (Lipinski definition) is 0. The maximum absolute atomic E-state index is 12.3. The molecule has 0 bridgehead atoms. The van der Waals surface area contributed by atoms with Gasteiger partial charge < -0.3 is 4.90 Å². The van der Waals surface area contributed by atoms with Crippen molar-refractivity contribution >= 4 is 33.4 Å². The molecule has 1 unspecified atom stereocenters. The van der Waals surface area contributed by atoms with Crippen molar-refractivity contribution in [2.45, 2.75) is 13.3 Å². The number of carbonyl (C=O) groups excluding carboxylic acids is 1. The molecule has 0 saturated carbocycles. The Morgan fingerprint density at radius 3 is 3.00 bits per heavy atom. The fraction of sp³-hybridized carbons (Fsp3) is 0.462. The predicted octanol–water partition coefficient (Wildman–Crippen LogP) is 3.51. The van der Waals surface area contributed by atoms with Gasteiger partial charge >= 0.3 is 0 Å². The van der Waals surface area contributed by atoms with Crippen LogP contribution in [-0.4, -0.2) is 29.2 Å². The minimum absolute atomic E-state index is 0.105. The predicted molar refractivity (Wildman–Crippen MR) is 74.0 cm³/mol. The first-order valence-corrected chi connectivity index (χ1v) is 7.23. The SMILES string of the molecule is Cc1c(Cl)cccc1C(=O)N1CCC(CBr)C1. The summed E-state index contributed by atoms with van der Waals surface area (Å²) in [6.07, 6.45) is 1.08. The standard InChI is InChI=1S/C13H15BrClNO/c1-9-11(3-2-4-12(9)15)13(17)16-6-5-10(7-14)8-16/h2-4,10H,5-8H2,1H3. The van der Waals surface area contributed by atoms with E-state index >= 15 is 0 Å². The molecule has 0 aromatic heterocycles. The fourth-order valence-electron chi connectivity index (χ4n) is 2.15. The van der Waals surface area contributed by atoms with Gasteiger partial charge in [-0.3, -0.25) is 4.79 Å². The lowest BCUT2D eigenvalue weighted by atomic mass is 10.1. The van der Waals surface area contributed by atoms with Crippen LogP contribution in [-0.2, 0) is 0 Å². The van der Waals surface area contributed by atoms with Crippen molar-refractivity contribution in [3.8, 4) is 0 Å². The summed E-state index contributed by atoms with van der Waals surface area (Å²) >= 11 is 9.52. The highest BCUT2D eigenvalue weighted by atomic mass is 79.9. The van der Waals surface area contributed by atoms with E-state index in [0.29, 0.717) is 10.9 Å². The molecule has 92 valence electrons. The fourth-order valence-corrected chi connectivity index (χ4v) is 2.86. The molecule has 4 heteroatoms. The van der Waals surface area contributed by atoms with Gasteiger partial charge in [0.15, 0.2) is 0 Å². The zero-order chi connectivity index (χ0) is 12.4. The number of halogens is 2. The van der Waals surface area contributed by atoms with Gasteiger partial charge in [0.05, 0.1) is 0 Å². The Hall–Kier alpha value is -0.540. The van der Waals surface area contributed by atoms with Gasteiger partial charge in [0.25, 0.3) is 5.91 Å². The Kier molecular flexibility index (Phi) is 4.10. The second-order valence-corrected chi connectivity index (χ2v) is 5.53. The van der Waals surface area contributed by atoms with Crippen LogP contribution in [0.5, 0.6) is 0 Å². The Balaban J connectivity index is 2.18. The van der Waals surface area contributed by atoms with E-state index in [2.05, 4.69) is 15.9 Å². The number of hydrogen-bond acceptors (Lipinski definition) is 1. The molecular weight excluding hydrogens is 302 g/mol. The van der Waals surface area contributed by atoms with E-state index in [0.717, 1.165) is 36.0 Å². The van der Waals surface area contributed by atoms with Gasteiger partial charge in [0, 0.05) is 29.0 Å². The van der Waals surface area contributed by atoms with Gasteiger partial charge in [-0.1, -0.05) is 33.6 Å². The Morgan fingerprint density at radius 1 is 1.59 bits per heavy atom. The van der Waals surface area contributed by atoms with Gasteiger partial charge in [-0.05, 0) is 37.0 Å². The van der Waals surface area contributed by atoms with Crippen LogP contribution in [0.1, 0.15) is 22.3 Å². The molecule has 1 fully saturated rings. The minimum Gasteiger partial charge on any atom is -0.338 e. The number of likely N-dealkylation sites (tertiary alicyclic amines) is 1. The maximum Gasteiger partial charge on any atom is 0.254 e. The van der Waals surface area contributed by atoms with Gasteiger partial charge in [-0.15, -0.1) is 0 Å². The van der Waals surface area contributed by atoms with Crippen molar-refractivity contribution in [2.75, 3.05) is 18.4 Å². The quantitative estimate of drug-likeness (QED) is 0.765. The van der Waals surface area contributed by atoms with Crippen LogP contribution in [0, 0.1) is 12.8 Å². The average molecular weight is 317 g/mol. The second kappa shape index (κ2) is 5.40. The van der Waals surface area contributed by atoms with Gasteiger partial charge in [-0.25, -0.2) is 0 Å². The van der Waals surface area contributed by atoms with Gasteiger partial charge in [0.2, 0.25) is 0 Å². The summed E-state index contributed by atoms with van der Waals surface area (Å²) in [7, 11) is 0. The van der Waals surface area contributed by atoms with Crippen molar-refractivity contribution in [2.24, 2.45) is 5.92 Å². The molecule has 17 heavy (non-hydrogen) atoms. The smallest absolute Gasteiger partial charge is 0.254 e. The topological polar surface area (TPSA) is 20.3 Å². The van der Waals surface area contributed by atoms with Crippen molar-refractivity contribution in [3.05, 3.63) is 34.3 Å². The lowest BCUT2D eigenvalue weighted by Gasteiger charge is -2.17. The van der Waals surface area contributed by atoms with E-state index in [-0.39, 0.29) is 5.91 Å². The first-order valence-electron chi connectivity index (χ1n) is 5.74. The van der Waals surface area contributed by atoms with Crippen LogP contribution in [0.15, 0.2) is 18.2 Å². The normalized spacial score (nSPS) is 19.7. The summed E-state index contributed by atoms with van der Waals surface area (Å²) < 4.78 is 0. The average Bonchev–Trinajstić information content (AvgIpc) is 2.80. The Morgan fingerprint density at radius 2 is 2.35 bits per heavy atom. The van der Waals surface area contributed by atoms with Crippen molar-refractivity contribution in [1.29, 1.82) is 0 Å². The Bertz CT molecular complexity index is 435. The van der Waals surface area contributed by atoms with Crippen LogP contribution in [0.4, 0.5) is 0 Å². The Labute approximate surface area is 115 Å². The molecule has 1 aromatic carbocycles. The molecule has 1 saturated heterocycles. The monoisotopic (exact) mass is 315 g/mol. The van der Waals surface area contributed by atoms with Crippen LogP contribution in [0.3, 0.4) is 0 Å². The van der Waals surface area contributed by atoms with Gasteiger partial charge in [0.1, 0.15) is 0 Å². The van der Waals surface area contributed by atoms with Crippen molar-refractivity contribution in [1.82, 2.24) is 4.90 Å². The first kappa shape index (κ1) is 12.9. The molecular formula is C13H15BrClNO. The van der Waals surface area contributed by atoms with E-state index in [4.69, 9.17) is 11.6 Å². The lowest BCUT2D eigenvalue weighted by Crippen LogP contribution is -2.29. The largest absolute Gasteiger partial charge is 0.338 e. The van der Waals surface area contributed by atoms with Crippen molar-refractivity contribution < 1.29 is 4.79 Å². The molecule has 1 aromatic rings. The summed E-state index contributed by atoms with van der Waals surface area (Å²) in [6, 6.07) is 5.50. The first-order chi connectivity index (χ1) is 8.13. The molecule has 1 aliphatic rings. The molecule has 2 rings (SSSR count). The molecule has 0 spiro atoms. The minimum atomic E-state index is 0.105.